The molecule has 0 spiro atoms. The van der Waals surface area contributed by atoms with Crippen molar-refractivity contribution >= 4 is 60.7 Å². The second kappa shape index (κ2) is 15.3. The van der Waals surface area contributed by atoms with Crippen molar-refractivity contribution in [2.45, 2.75) is 0 Å². The van der Waals surface area contributed by atoms with Crippen LogP contribution in [0.15, 0.2) is 249 Å². The summed E-state index contributed by atoms with van der Waals surface area (Å²) in [5.41, 5.74) is 17.5. The molecule has 0 saturated heterocycles. The molecule has 63 heavy (non-hydrogen) atoms. The van der Waals surface area contributed by atoms with Gasteiger partial charge in [0.2, 0.25) is 0 Å². The van der Waals surface area contributed by atoms with Crippen molar-refractivity contribution in [3.63, 3.8) is 0 Å². The van der Waals surface area contributed by atoms with Gasteiger partial charge in [0.25, 0.3) is 0 Å². The van der Waals surface area contributed by atoms with E-state index in [1.165, 1.54) is 82.7 Å². The monoisotopic (exact) mass is 803 g/mol. The van der Waals surface area contributed by atoms with Gasteiger partial charge in [-0.25, -0.2) is 0 Å². The van der Waals surface area contributed by atoms with Gasteiger partial charge in [-0.05, 0) is 125 Å². The molecule has 0 radical (unpaired) electrons. The number of anilines is 3. The van der Waals surface area contributed by atoms with E-state index < -0.39 is 0 Å². The third-order valence-electron chi connectivity index (χ3n) is 12.5. The van der Waals surface area contributed by atoms with Crippen LogP contribution in [0.1, 0.15) is 0 Å². The fourth-order valence-electron chi connectivity index (χ4n) is 9.58. The van der Waals surface area contributed by atoms with Crippen LogP contribution in [0.3, 0.4) is 0 Å². The molecule has 0 unspecified atom stereocenters. The average molecular weight is 804 g/mol. The Balaban J connectivity index is 1.00. The Morgan fingerprint density at radius 3 is 1.29 bits per heavy atom. The molecule has 2 aromatic heterocycles. The number of hydrogen-bond donors (Lipinski definition) is 0. The van der Waals surface area contributed by atoms with Gasteiger partial charge in [0.1, 0.15) is 0 Å². The molecule has 0 amide bonds. The summed E-state index contributed by atoms with van der Waals surface area (Å²) < 4.78 is 4.81. The van der Waals surface area contributed by atoms with Crippen molar-refractivity contribution in [1.82, 2.24) is 9.13 Å². The van der Waals surface area contributed by atoms with Crippen LogP contribution in [0.4, 0.5) is 17.1 Å². The summed E-state index contributed by atoms with van der Waals surface area (Å²) in [6, 6.07) is 90.0. The number of nitrogens with zero attached hydrogens (tertiary/aromatic N) is 3. The highest BCUT2D eigenvalue weighted by Gasteiger charge is 2.20. The minimum Gasteiger partial charge on any atom is -0.311 e. The van der Waals surface area contributed by atoms with Gasteiger partial charge in [-0.3, -0.25) is 0 Å². The zero-order chi connectivity index (χ0) is 41.7. The van der Waals surface area contributed by atoms with Gasteiger partial charge in [0, 0.05) is 55.5 Å². The van der Waals surface area contributed by atoms with Gasteiger partial charge in [-0.2, -0.15) is 0 Å². The summed E-state index contributed by atoms with van der Waals surface area (Å²) in [5, 5.41) is 4.96. The highest BCUT2D eigenvalue weighted by atomic mass is 15.1. The maximum absolute atomic E-state index is 2.44. The number of rotatable bonds is 8. The first-order valence-corrected chi connectivity index (χ1v) is 21.6. The van der Waals surface area contributed by atoms with Gasteiger partial charge in [0.05, 0.1) is 22.1 Å². The van der Waals surface area contributed by atoms with E-state index in [0.717, 1.165) is 22.7 Å². The fourth-order valence-corrected chi connectivity index (χ4v) is 9.58. The Kier molecular flexibility index (Phi) is 8.83. The van der Waals surface area contributed by atoms with E-state index in [0.29, 0.717) is 0 Å². The van der Waals surface area contributed by atoms with Crippen molar-refractivity contribution in [2.24, 2.45) is 0 Å². The van der Waals surface area contributed by atoms with E-state index >= 15 is 0 Å². The zero-order valence-corrected chi connectivity index (χ0v) is 34.5. The summed E-state index contributed by atoms with van der Waals surface area (Å²) in [5.74, 6) is 0. The van der Waals surface area contributed by atoms with Crippen LogP contribution >= 0.6 is 0 Å². The molecule has 0 aliphatic heterocycles. The fraction of sp³-hybridized carbons (Fsp3) is 0. The molecule has 0 bridgehead atoms. The first kappa shape index (κ1) is 36.5. The van der Waals surface area contributed by atoms with Gasteiger partial charge in [-0.15, -0.1) is 0 Å². The molecule has 2 heterocycles. The highest BCUT2D eigenvalue weighted by Crippen LogP contribution is 2.43. The van der Waals surface area contributed by atoms with Crippen molar-refractivity contribution in [3.8, 4) is 44.8 Å². The lowest BCUT2D eigenvalue weighted by atomic mass is 9.94. The van der Waals surface area contributed by atoms with Crippen LogP contribution in [0.2, 0.25) is 0 Å². The third kappa shape index (κ3) is 6.29. The van der Waals surface area contributed by atoms with E-state index in [2.05, 4.69) is 263 Å². The second-order valence-corrected chi connectivity index (χ2v) is 16.2. The molecule has 0 N–H and O–H groups in total. The van der Waals surface area contributed by atoms with E-state index in [1.54, 1.807) is 0 Å². The van der Waals surface area contributed by atoms with Crippen molar-refractivity contribution in [3.05, 3.63) is 249 Å². The van der Waals surface area contributed by atoms with Crippen LogP contribution in [-0.2, 0) is 0 Å². The first-order chi connectivity index (χ1) is 31.3. The van der Waals surface area contributed by atoms with Gasteiger partial charge < -0.3 is 14.0 Å². The topological polar surface area (TPSA) is 13.1 Å². The summed E-state index contributed by atoms with van der Waals surface area (Å²) in [6.45, 7) is 0. The van der Waals surface area contributed by atoms with Gasteiger partial charge in [0.15, 0.2) is 0 Å². The Labute approximate surface area is 366 Å². The predicted molar refractivity (Wildman–Crippen MR) is 266 cm³/mol. The molecular weight excluding hydrogens is 763 g/mol. The van der Waals surface area contributed by atoms with Crippen LogP contribution in [0, 0.1) is 0 Å². The summed E-state index contributed by atoms with van der Waals surface area (Å²) in [6.07, 6.45) is 0. The first-order valence-electron chi connectivity index (χ1n) is 21.6. The van der Waals surface area contributed by atoms with E-state index in [1.807, 2.05) is 0 Å². The molecule has 0 aliphatic rings. The van der Waals surface area contributed by atoms with E-state index in [-0.39, 0.29) is 0 Å². The lowest BCUT2D eigenvalue weighted by Gasteiger charge is -2.25. The van der Waals surface area contributed by atoms with Crippen molar-refractivity contribution in [2.75, 3.05) is 4.90 Å². The predicted octanol–water partition coefficient (Wildman–Crippen LogP) is 16.4. The number of benzene rings is 10. The summed E-state index contributed by atoms with van der Waals surface area (Å²) in [4.78, 5) is 2.31. The minimum absolute atomic E-state index is 1.11. The van der Waals surface area contributed by atoms with E-state index in [4.69, 9.17) is 0 Å². The Hall–Kier alpha value is -8.40. The smallest absolute Gasteiger partial charge is 0.0619 e. The lowest BCUT2D eigenvalue weighted by molar-refractivity contribution is 1.18. The number of fused-ring (bicyclic) bond motifs is 6. The molecule has 12 aromatic rings. The standard InChI is InChI=1S/C60H41N3/c1-5-17-47(18-6-1)61(48-19-7-2-8-20-48)51-36-33-43(34-37-51)46-40-54(60-56(41-46)53-26-14-16-28-58(53)63(60)50-23-11-4-12-24-50)44-31-29-42(30-32-44)45-35-38-59-55(39-45)52-25-13-15-27-57(52)62(59)49-21-9-3-10-22-49/h1-41H. The molecule has 0 atom stereocenters. The molecule has 3 heteroatoms. The average Bonchev–Trinajstić information content (AvgIpc) is 3.88. The van der Waals surface area contributed by atoms with Crippen molar-refractivity contribution < 1.29 is 0 Å². The largest absolute Gasteiger partial charge is 0.311 e. The second-order valence-electron chi connectivity index (χ2n) is 16.2. The summed E-state index contributed by atoms with van der Waals surface area (Å²) in [7, 11) is 0. The van der Waals surface area contributed by atoms with Crippen LogP contribution in [0.25, 0.3) is 88.4 Å². The normalized spacial score (nSPS) is 11.5. The minimum atomic E-state index is 1.11. The molecule has 0 aliphatic carbocycles. The third-order valence-corrected chi connectivity index (χ3v) is 12.5. The molecule has 296 valence electrons. The van der Waals surface area contributed by atoms with Crippen LogP contribution in [0.5, 0.6) is 0 Å². The molecule has 10 aromatic carbocycles. The molecule has 0 saturated carbocycles. The number of para-hydroxylation sites is 6. The maximum Gasteiger partial charge on any atom is 0.0619 e. The molecule has 3 nitrogen and oxygen atoms in total. The Bertz CT molecular complexity index is 3530. The molecule has 0 fully saturated rings. The van der Waals surface area contributed by atoms with Crippen LogP contribution < -0.4 is 4.90 Å². The van der Waals surface area contributed by atoms with Gasteiger partial charge >= 0.3 is 0 Å². The highest BCUT2D eigenvalue weighted by molar-refractivity contribution is 6.15. The zero-order valence-electron chi connectivity index (χ0n) is 34.5. The van der Waals surface area contributed by atoms with E-state index in [9.17, 15) is 0 Å². The maximum atomic E-state index is 2.44. The number of hydrogen-bond acceptors (Lipinski definition) is 1. The molecule has 12 rings (SSSR count). The van der Waals surface area contributed by atoms with Crippen molar-refractivity contribution in [1.29, 1.82) is 0 Å². The number of aromatic nitrogens is 2. The summed E-state index contributed by atoms with van der Waals surface area (Å²) >= 11 is 0. The molecular formula is C60H41N3. The lowest BCUT2D eigenvalue weighted by Crippen LogP contribution is -2.09. The quantitative estimate of drug-likeness (QED) is 0.149. The SMILES string of the molecule is c1ccc(N(c2ccccc2)c2ccc(-c3cc(-c4ccc(-c5ccc6c(c5)c5ccccc5n6-c5ccccc5)cc4)c4c(c3)c3ccccc3n4-c3ccccc3)cc2)cc1. The Morgan fingerprint density at radius 2 is 0.667 bits per heavy atom. The van der Waals surface area contributed by atoms with Crippen LogP contribution in [-0.4, -0.2) is 9.13 Å². The Morgan fingerprint density at radius 1 is 0.254 bits per heavy atom. The van der Waals surface area contributed by atoms with Gasteiger partial charge in [-0.1, -0.05) is 152 Å².